The summed E-state index contributed by atoms with van der Waals surface area (Å²) in [4.78, 5) is 37.8. The second-order valence-electron chi connectivity index (χ2n) is 8.29. The van der Waals surface area contributed by atoms with Crippen LogP contribution in [0.1, 0.15) is 55.3 Å². The SMILES string of the molecule is CO[C@@H](O)CCn1c(=O)cnn(-c2ccc(Cl)c(C(=O)NCC3(O)CCCCCC3)c2)c1=O. The van der Waals surface area contributed by atoms with Gasteiger partial charge in [-0.15, -0.1) is 0 Å². The van der Waals surface area contributed by atoms with Gasteiger partial charge in [0.1, 0.15) is 6.20 Å². The van der Waals surface area contributed by atoms with Crippen molar-refractivity contribution in [3.05, 3.63) is 55.8 Å². The molecule has 3 rings (SSSR count). The van der Waals surface area contributed by atoms with E-state index in [4.69, 9.17) is 16.3 Å². The number of benzene rings is 1. The number of aliphatic hydroxyl groups excluding tert-OH is 1. The molecule has 1 saturated carbocycles. The third kappa shape index (κ3) is 6.29. The monoisotopic (exact) mass is 480 g/mol. The summed E-state index contributed by atoms with van der Waals surface area (Å²) in [5, 5.41) is 27.2. The van der Waals surface area contributed by atoms with Crippen LogP contribution in [0, 0.1) is 0 Å². The van der Waals surface area contributed by atoms with E-state index >= 15 is 0 Å². The van der Waals surface area contributed by atoms with Crippen LogP contribution in [0.25, 0.3) is 5.69 Å². The van der Waals surface area contributed by atoms with E-state index in [1.165, 1.54) is 25.3 Å². The molecule has 0 radical (unpaired) electrons. The summed E-state index contributed by atoms with van der Waals surface area (Å²) in [6.45, 7) is 0.0337. The number of carbonyl (C=O) groups excluding carboxylic acids is 1. The maximum atomic E-state index is 12.8. The fraction of sp³-hybridized carbons (Fsp3) is 0.545. The summed E-state index contributed by atoms with van der Waals surface area (Å²) < 4.78 is 6.64. The summed E-state index contributed by atoms with van der Waals surface area (Å²) >= 11 is 6.23. The van der Waals surface area contributed by atoms with Crippen LogP contribution in [0.15, 0.2) is 34.0 Å². The zero-order chi connectivity index (χ0) is 24.0. The first kappa shape index (κ1) is 25.1. The summed E-state index contributed by atoms with van der Waals surface area (Å²) in [6.07, 6.45) is 5.11. The van der Waals surface area contributed by atoms with E-state index in [1.807, 2.05) is 0 Å². The molecule has 0 aliphatic heterocycles. The van der Waals surface area contributed by atoms with E-state index in [0.717, 1.165) is 41.1 Å². The molecule has 1 amide bonds. The van der Waals surface area contributed by atoms with Crippen molar-refractivity contribution in [2.45, 2.75) is 63.4 Å². The molecule has 180 valence electrons. The molecule has 33 heavy (non-hydrogen) atoms. The largest absolute Gasteiger partial charge is 0.388 e. The molecule has 11 heteroatoms. The van der Waals surface area contributed by atoms with E-state index in [0.29, 0.717) is 12.8 Å². The average molecular weight is 481 g/mol. The molecule has 0 spiro atoms. The fourth-order valence-electron chi connectivity index (χ4n) is 3.90. The van der Waals surface area contributed by atoms with Gasteiger partial charge >= 0.3 is 5.69 Å². The van der Waals surface area contributed by atoms with Crippen LogP contribution in [-0.2, 0) is 11.3 Å². The van der Waals surface area contributed by atoms with Crippen LogP contribution < -0.4 is 16.6 Å². The highest BCUT2D eigenvalue weighted by molar-refractivity contribution is 6.33. The number of nitrogens with zero attached hydrogens (tertiary/aromatic N) is 3. The lowest BCUT2D eigenvalue weighted by Crippen LogP contribution is -2.42. The van der Waals surface area contributed by atoms with Crippen molar-refractivity contribution in [2.24, 2.45) is 0 Å². The molecular formula is C22H29ClN4O6. The number of halogens is 1. The second-order valence-corrected chi connectivity index (χ2v) is 8.70. The summed E-state index contributed by atoms with van der Waals surface area (Å²) in [5.41, 5.74) is -1.94. The second kappa shape index (κ2) is 11.1. The lowest BCUT2D eigenvalue weighted by atomic mass is 9.94. The Morgan fingerprint density at radius 1 is 1.27 bits per heavy atom. The number of ether oxygens (including phenoxy) is 1. The van der Waals surface area contributed by atoms with Crippen LogP contribution in [0.3, 0.4) is 0 Å². The zero-order valence-electron chi connectivity index (χ0n) is 18.5. The molecular weight excluding hydrogens is 452 g/mol. The van der Waals surface area contributed by atoms with Crippen LogP contribution in [0.4, 0.5) is 0 Å². The first-order valence-electron chi connectivity index (χ1n) is 10.9. The highest BCUT2D eigenvalue weighted by atomic mass is 35.5. The predicted octanol–water partition coefficient (Wildman–Crippen LogP) is 1.22. The molecule has 1 heterocycles. The lowest BCUT2D eigenvalue weighted by Gasteiger charge is -2.26. The number of aromatic nitrogens is 3. The predicted molar refractivity (Wildman–Crippen MR) is 122 cm³/mol. The summed E-state index contributed by atoms with van der Waals surface area (Å²) in [7, 11) is 1.31. The Kier molecular flexibility index (Phi) is 8.41. The number of amides is 1. The van der Waals surface area contributed by atoms with Crippen LogP contribution in [0.2, 0.25) is 5.02 Å². The molecule has 2 aromatic rings. The van der Waals surface area contributed by atoms with Crippen molar-refractivity contribution in [1.82, 2.24) is 19.7 Å². The van der Waals surface area contributed by atoms with Gasteiger partial charge in [-0.25, -0.2) is 4.79 Å². The number of nitrogens with one attached hydrogen (secondary N) is 1. The average Bonchev–Trinajstić information content (AvgIpc) is 3.02. The van der Waals surface area contributed by atoms with Crippen molar-refractivity contribution < 1.29 is 19.7 Å². The van der Waals surface area contributed by atoms with Crippen LogP contribution in [0.5, 0.6) is 0 Å². The van der Waals surface area contributed by atoms with Crippen LogP contribution in [-0.4, -0.2) is 56.0 Å². The number of carbonyl (C=O) groups is 1. The first-order chi connectivity index (χ1) is 15.7. The lowest BCUT2D eigenvalue weighted by molar-refractivity contribution is -0.0805. The Bertz CT molecular complexity index is 1090. The van der Waals surface area contributed by atoms with Crippen molar-refractivity contribution in [3.63, 3.8) is 0 Å². The normalized spacial score (nSPS) is 16.7. The van der Waals surface area contributed by atoms with E-state index in [9.17, 15) is 24.6 Å². The topological polar surface area (TPSA) is 136 Å². The number of hydrogen-bond donors (Lipinski definition) is 3. The van der Waals surface area contributed by atoms with Gasteiger partial charge in [-0.2, -0.15) is 9.78 Å². The Morgan fingerprint density at radius 2 is 1.97 bits per heavy atom. The minimum Gasteiger partial charge on any atom is -0.388 e. The zero-order valence-corrected chi connectivity index (χ0v) is 19.3. The molecule has 0 saturated heterocycles. The number of aliphatic hydroxyl groups is 2. The maximum absolute atomic E-state index is 12.8. The number of hydrogen-bond acceptors (Lipinski definition) is 7. The molecule has 1 aromatic heterocycles. The highest BCUT2D eigenvalue weighted by Gasteiger charge is 2.29. The molecule has 1 fully saturated rings. The molecule has 0 unspecified atom stereocenters. The fourth-order valence-corrected chi connectivity index (χ4v) is 4.10. The van der Waals surface area contributed by atoms with Gasteiger partial charge in [0.25, 0.3) is 11.5 Å². The first-order valence-corrected chi connectivity index (χ1v) is 11.3. The molecule has 10 nitrogen and oxygen atoms in total. The van der Waals surface area contributed by atoms with Crippen molar-refractivity contribution in [3.8, 4) is 5.69 Å². The van der Waals surface area contributed by atoms with Gasteiger partial charge in [-0.05, 0) is 31.0 Å². The van der Waals surface area contributed by atoms with E-state index in [-0.39, 0.29) is 35.8 Å². The van der Waals surface area contributed by atoms with Gasteiger partial charge in [0.2, 0.25) is 0 Å². The van der Waals surface area contributed by atoms with Crippen LogP contribution >= 0.6 is 11.6 Å². The molecule has 0 bridgehead atoms. The Labute approximate surface area is 195 Å². The Balaban J connectivity index is 1.83. The Hall–Kier alpha value is -2.53. The van der Waals surface area contributed by atoms with E-state index in [1.54, 1.807) is 0 Å². The summed E-state index contributed by atoms with van der Waals surface area (Å²) in [5.74, 6) is -0.482. The van der Waals surface area contributed by atoms with Gasteiger partial charge in [0.05, 0.1) is 21.9 Å². The van der Waals surface area contributed by atoms with Crippen molar-refractivity contribution in [2.75, 3.05) is 13.7 Å². The molecule has 1 aromatic carbocycles. The van der Waals surface area contributed by atoms with Crippen molar-refractivity contribution in [1.29, 1.82) is 0 Å². The van der Waals surface area contributed by atoms with Gasteiger partial charge in [-0.1, -0.05) is 37.3 Å². The highest BCUT2D eigenvalue weighted by Crippen LogP contribution is 2.27. The van der Waals surface area contributed by atoms with Gasteiger partial charge in [0, 0.05) is 26.6 Å². The molecule has 3 N–H and O–H groups in total. The van der Waals surface area contributed by atoms with E-state index < -0.39 is 29.0 Å². The van der Waals surface area contributed by atoms with E-state index in [2.05, 4.69) is 10.4 Å². The minimum atomic E-state index is -1.12. The van der Waals surface area contributed by atoms with Crippen molar-refractivity contribution >= 4 is 17.5 Å². The molecule has 1 atom stereocenters. The Morgan fingerprint density at radius 3 is 2.64 bits per heavy atom. The third-order valence-corrected chi connectivity index (χ3v) is 6.21. The van der Waals surface area contributed by atoms with Gasteiger partial charge in [0.15, 0.2) is 6.29 Å². The van der Waals surface area contributed by atoms with Gasteiger partial charge < -0.3 is 20.3 Å². The number of methoxy groups -OCH3 is 1. The summed E-state index contributed by atoms with van der Waals surface area (Å²) in [6, 6.07) is 4.37. The maximum Gasteiger partial charge on any atom is 0.352 e. The standard InChI is InChI=1S/C22H29ClN4O6/c1-33-19(29)8-11-26-18(28)13-25-27(21(26)31)15-6-7-17(23)16(12-15)20(30)24-14-22(32)9-4-2-3-5-10-22/h6-7,12-13,19,29,32H,2-5,8-11,14H2,1H3,(H,24,30)/t19-/m1/s1. The van der Waals surface area contributed by atoms with Gasteiger partial charge in [-0.3, -0.25) is 14.2 Å². The quantitative estimate of drug-likeness (QED) is 0.381. The molecule has 1 aliphatic rings. The third-order valence-electron chi connectivity index (χ3n) is 5.88. The smallest absolute Gasteiger partial charge is 0.352 e. The number of rotatable bonds is 8. The molecule has 1 aliphatic carbocycles. The minimum absolute atomic E-state index is 0.0346.